The highest BCUT2D eigenvalue weighted by Crippen LogP contribution is 2.37. The van der Waals surface area contributed by atoms with Crippen molar-refractivity contribution in [3.8, 4) is 34.3 Å². The van der Waals surface area contributed by atoms with Crippen molar-refractivity contribution in [3.05, 3.63) is 54.0 Å². The molecule has 2 aromatic carbocycles. The first kappa shape index (κ1) is 32.9. The summed E-state index contributed by atoms with van der Waals surface area (Å²) in [5.41, 5.74) is 12.8. The van der Waals surface area contributed by atoms with Gasteiger partial charge in [-0.1, -0.05) is 19.1 Å². The first-order valence-corrected chi connectivity index (χ1v) is 15.0. The number of hydrogen-bond donors (Lipinski definition) is 3. The van der Waals surface area contributed by atoms with Crippen LogP contribution in [-0.4, -0.2) is 56.1 Å². The molecule has 14 heteroatoms. The van der Waals surface area contributed by atoms with Crippen LogP contribution in [0.15, 0.2) is 42.6 Å². The topological polar surface area (TPSA) is 179 Å². The summed E-state index contributed by atoms with van der Waals surface area (Å²) in [5.74, 6) is -0.774. The SMILES string of the molecule is CCCOCC.COc1cc(-c2cccc(NS(=O)(=O)CCCF)c2F)cc2c(N)nc(-c3cnc(N)cc3C#N)nc12. The molecule has 228 valence electrons. The van der Waals surface area contributed by atoms with E-state index in [2.05, 4.69) is 26.6 Å². The molecule has 4 rings (SSSR count). The second kappa shape index (κ2) is 15.0. The summed E-state index contributed by atoms with van der Waals surface area (Å²) in [6.07, 6.45) is 2.29. The number of nitrogens with two attached hydrogens (primary N) is 2. The van der Waals surface area contributed by atoms with Crippen LogP contribution < -0.4 is 20.9 Å². The molecule has 0 bridgehead atoms. The number of alkyl halides is 1. The summed E-state index contributed by atoms with van der Waals surface area (Å²) in [6, 6.07) is 10.7. The Labute approximate surface area is 248 Å². The second-order valence-corrected chi connectivity index (χ2v) is 10.9. The van der Waals surface area contributed by atoms with E-state index in [1.807, 2.05) is 13.0 Å². The number of pyridine rings is 1. The number of ether oxygens (including phenoxy) is 2. The Kier molecular flexibility index (Phi) is 11.5. The number of nitrogens with one attached hydrogen (secondary N) is 1. The molecule has 2 heterocycles. The highest BCUT2D eigenvalue weighted by molar-refractivity contribution is 7.92. The van der Waals surface area contributed by atoms with E-state index >= 15 is 4.39 Å². The standard InChI is InChI=1S/C24H21F2N7O3S.C5H12O/c1-36-19-9-13(15-4-2-5-18(21(15)26)33-37(34,35)7-3-6-25)8-16-22(19)31-24(32-23(16)29)17-12-30-20(28)10-14(17)11-27;1-3-5-6-4-2/h2,4-5,8-10,12,33H,3,6-7H2,1H3,(H2,28,30)(H2,29,31,32);3-5H2,1-2H3. The molecule has 0 unspecified atom stereocenters. The van der Waals surface area contributed by atoms with Crippen molar-refractivity contribution in [1.82, 2.24) is 15.0 Å². The average molecular weight is 614 g/mol. The van der Waals surface area contributed by atoms with Crippen molar-refractivity contribution >= 4 is 38.2 Å². The van der Waals surface area contributed by atoms with Crippen LogP contribution in [0.3, 0.4) is 0 Å². The van der Waals surface area contributed by atoms with E-state index < -0.39 is 28.3 Å². The van der Waals surface area contributed by atoms with Gasteiger partial charge in [-0.25, -0.2) is 27.8 Å². The molecule has 0 amide bonds. The zero-order valence-corrected chi connectivity index (χ0v) is 24.8. The number of nitriles is 1. The number of methoxy groups -OCH3 is 1. The molecular formula is C29H33F2N7O4S. The molecule has 5 N–H and O–H groups in total. The molecule has 0 aliphatic heterocycles. The van der Waals surface area contributed by atoms with Crippen molar-refractivity contribution in [2.75, 3.05) is 48.9 Å². The molecular weight excluding hydrogens is 580 g/mol. The quantitative estimate of drug-likeness (QED) is 0.193. The van der Waals surface area contributed by atoms with Crippen LogP contribution in [-0.2, 0) is 14.8 Å². The highest BCUT2D eigenvalue weighted by atomic mass is 32.2. The van der Waals surface area contributed by atoms with Gasteiger partial charge < -0.3 is 20.9 Å². The lowest BCUT2D eigenvalue weighted by Gasteiger charge is -2.14. The van der Waals surface area contributed by atoms with E-state index in [0.717, 1.165) is 19.6 Å². The maximum absolute atomic E-state index is 15.4. The van der Waals surface area contributed by atoms with E-state index in [1.165, 1.54) is 43.6 Å². The number of aromatic nitrogens is 3. The molecule has 11 nitrogen and oxygen atoms in total. The van der Waals surface area contributed by atoms with Crippen LogP contribution in [0, 0.1) is 17.1 Å². The predicted octanol–water partition coefficient (Wildman–Crippen LogP) is 5.08. The lowest BCUT2D eigenvalue weighted by molar-refractivity contribution is 0.148. The lowest BCUT2D eigenvalue weighted by atomic mass is 10.0. The van der Waals surface area contributed by atoms with Crippen molar-refractivity contribution in [1.29, 1.82) is 5.26 Å². The van der Waals surface area contributed by atoms with Gasteiger partial charge in [-0.3, -0.25) is 9.11 Å². The highest BCUT2D eigenvalue weighted by Gasteiger charge is 2.20. The summed E-state index contributed by atoms with van der Waals surface area (Å²) in [6.45, 7) is 5.08. The number of rotatable bonds is 11. The number of fused-ring (bicyclic) bond motifs is 1. The zero-order valence-electron chi connectivity index (χ0n) is 24.0. The first-order valence-electron chi connectivity index (χ1n) is 13.3. The smallest absolute Gasteiger partial charge is 0.232 e. The molecule has 0 radical (unpaired) electrons. The minimum Gasteiger partial charge on any atom is -0.494 e. The number of halogens is 2. The summed E-state index contributed by atoms with van der Waals surface area (Å²) >= 11 is 0. The Morgan fingerprint density at radius 1 is 1.12 bits per heavy atom. The van der Waals surface area contributed by atoms with Gasteiger partial charge in [-0.2, -0.15) is 5.26 Å². The van der Waals surface area contributed by atoms with Gasteiger partial charge in [-0.05, 0) is 49.6 Å². The van der Waals surface area contributed by atoms with Crippen molar-refractivity contribution in [2.45, 2.75) is 26.7 Å². The van der Waals surface area contributed by atoms with Crippen LogP contribution in [0.25, 0.3) is 33.4 Å². The van der Waals surface area contributed by atoms with Gasteiger partial charge in [0.05, 0.1) is 36.4 Å². The van der Waals surface area contributed by atoms with Gasteiger partial charge in [0.2, 0.25) is 10.0 Å². The zero-order chi connectivity index (χ0) is 31.6. The van der Waals surface area contributed by atoms with Crippen molar-refractivity contribution in [3.63, 3.8) is 0 Å². The van der Waals surface area contributed by atoms with Crippen molar-refractivity contribution in [2.24, 2.45) is 0 Å². The summed E-state index contributed by atoms with van der Waals surface area (Å²) in [5, 5.41) is 9.81. The predicted molar refractivity (Wildman–Crippen MR) is 163 cm³/mol. The van der Waals surface area contributed by atoms with Gasteiger partial charge in [0.15, 0.2) is 11.6 Å². The summed E-state index contributed by atoms with van der Waals surface area (Å²) in [7, 11) is -2.55. The molecule has 0 fully saturated rings. The van der Waals surface area contributed by atoms with Crippen LogP contribution in [0.5, 0.6) is 5.75 Å². The number of nitrogens with zero attached hydrogens (tertiary/aromatic N) is 4. The van der Waals surface area contributed by atoms with Crippen molar-refractivity contribution < 1.29 is 26.7 Å². The Bertz CT molecular complexity index is 1730. The fourth-order valence-corrected chi connectivity index (χ4v) is 5.07. The van der Waals surface area contributed by atoms with Crippen LogP contribution in [0.4, 0.5) is 26.1 Å². The van der Waals surface area contributed by atoms with E-state index in [-0.39, 0.29) is 46.4 Å². The first-order chi connectivity index (χ1) is 20.6. The molecule has 0 saturated heterocycles. The molecule has 2 aromatic heterocycles. The van der Waals surface area contributed by atoms with E-state index in [4.69, 9.17) is 20.9 Å². The Morgan fingerprint density at radius 3 is 2.51 bits per heavy atom. The summed E-state index contributed by atoms with van der Waals surface area (Å²) < 4.78 is 64.8. The van der Waals surface area contributed by atoms with Gasteiger partial charge in [-0.15, -0.1) is 0 Å². The third kappa shape index (κ3) is 8.24. The maximum atomic E-state index is 15.4. The number of anilines is 3. The largest absolute Gasteiger partial charge is 0.494 e. The molecule has 0 aliphatic rings. The molecule has 0 spiro atoms. The number of nitrogen functional groups attached to an aromatic ring is 2. The van der Waals surface area contributed by atoms with Crippen LogP contribution in [0.2, 0.25) is 0 Å². The van der Waals surface area contributed by atoms with Crippen LogP contribution in [0.1, 0.15) is 32.3 Å². The number of benzene rings is 2. The normalized spacial score (nSPS) is 11.0. The lowest BCUT2D eigenvalue weighted by Crippen LogP contribution is -2.18. The van der Waals surface area contributed by atoms with Crippen LogP contribution >= 0.6 is 0 Å². The Hall–Kier alpha value is -4.61. The Balaban J connectivity index is 0.000000765. The fraction of sp³-hybridized carbons (Fsp3) is 0.310. The molecule has 4 aromatic rings. The van der Waals surface area contributed by atoms with Gasteiger partial charge in [0, 0.05) is 30.4 Å². The third-order valence-corrected chi connectivity index (χ3v) is 7.33. The maximum Gasteiger partial charge on any atom is 0.232 e. The number of sulfonamides is 1. The molecule has 0 saturated carbocycles. The second-order valence-electron chi connectivity index (χ2n) is 9.10. The molecule has 43 heavy (non-hydrogen) atoms. The van der Waals surface area contributed by atoms with E-state index in [0.29, 0.717) is 22.0 Å². The van der Waals surface area contributed by atoms with Gasteiger partial charge in [0.1, 0.15) is 29.0 Å². The molecule has 0 atom stereocenters. The van der Waals surface area contributed by atoms with E-state index in [1.54, 1.807) is 6.07 Å². The van der Waals surface area contributed by atoms with E-state index in [9.17, 15) is 18.1 Å². The summed E-state index contributed by atoms with van der Waals surface area (Å²) in [4.78, 5) is 12.8. The minimum absolute atomic E-state index is 0.0318. The fourth-order valence-electron chi connectivity index (χ4n) is 3.98. The third-order valence-electron chi connectivity index (χ3n) is 5.98. The Morgan fingerprint density at radius 2 is 1.88 bits per heavy atom. The van der Waals surface area contributed by atoms with Gasteiger partial charge in [0.25, 0.3) is 0 Å². The van der Waals surface area contributed by atoms with Gasteiger partial charge >= 0.3 is 0 Å². The monoisotopic (exact) mass is 613 g/mol. The molecule has 0 aliphatic carbocycles. The number of hydrogen-bond acceptors (Lipinski definition) is 10. The average Bonchev–Trinajstić information content (AvgIpc) is 2.99. The minimum atomic E-state index is -3.94.